The average Bonchev–Trinajstić information content (AvgIpc) is 2.09. The lowest BCUT2D eigenvalue weighted by Gasteiger charge is -2.03. The maximum absolute atomic E-state index is 9.33. The van der Waals surface area contributed by atoms with E-state index < -0.39 is 0 Å². The molecular formula is C7H7N3O2. The summed E-state index contributed by atoms with van der Waals surface area (Å²) in [7, 11) is 1.43. The number of phenolic OH excluding ortho intramolecular Hbond substituents is 1. The number of ether oxygens (including phenoxy) is 1. The van der Waals surface area contributed by atoms with Crippen LogP contribution < -0.4 is 4.74 Å². The highest BCUT2D eigenvalue weighted by Gasteiger charge is 2.03. The van der Waals surface area contributed by atoms with Crippen LogP contribution in [-0.2, 0) is 0 Å². The number of para-hydroxylation sites is 1. The predicted octanol–water partition coefficient (Wildman–Crippen LogP) is 2.34. The van der Waals surface area contributed by atoms with Crippen molar-refractivity contribution in [2.24, 2.45) is 5.11 Å². The zero-order valence-electron chi connectivity index (χ0n) is 6.43. The molecular weight excluding hydrogens is 158 g/mol. The molecule has 0 saturated heterocycles. The molecule has 5 nitrogen and oxygen atoms in total. The molecule has 12 heavy (non-hydrogen) atoms. The van der Waals surface area contributed by atoms with Gasteiger partial charge in [-0.25, -0.2) is 0 Å². The Bertz CT molecular complexity index is 331. The van der Waals surface area contributed by atoms with E-state index in [0.29, 0.717) is 5.75 Å². The molecule has 1 aromatic carbocycles. The number of nitrogens with zero attached hydrogens (tertiary/aromatic N) is 3. The summed E-state index contributed by atoms with van der Waals surface area (Å²) in [5.74, 6) is 0.151. The van der Waals surface area contributed by atoms with E-state index >= 15 is 0 Å². The van der Waals surface area contributed by atoms with Gasteiger partial charge in [-0.2, -0.15) is 0 Å². The third-order valence-electron chi connectivity index (χ3n) is 1.35. The Morgan fingerprint density at radius 3 is 2.92 bits per heavy atom. The molecule has 0 unspecified atom stereocenters. The molecule has 5 heteroatoms. The molecule has 0 aliphatic carbocycles. The minimum Gasteiger partial charge on any atom is -0.504 e. The van der Waals surface area contributed by atoms with Crippen molar-refractivity contribution in [3.63, 3.8) is 0 Å². The Balaban J connectivity index is 3.22. The third kappa shape index (κ3) is 1.41. The Morgan fingerprint density at radius 1 is 1.58 bits per heavy atom. The maximum Gasteiger partial charge on any atom is 0.167 e. The van der Waals surface area contributed by atoms with Crippen LogP contribution in [0.15, 0.2) is 23.3 Å². The zero-order valence-corrected chi connectivity index (χ0v) is 6.43. The second-order valence-corrected chi connectivity index (χ2v) is 2.02. The van der Waals surface area contributed by atoms with E-state index in [0.717, 1.165) is 0 Å². The second-order valence-electron chi connectivity index (χ2n) is 2.02. The average molecular weight is 165 g/mol. The first-order valence-electron chi connectivity index (χ1n) is 3.20. The summed E-state index contributed by atoms with van der Waals surface area (Å²) in [6.45, 7) is 0. The first-order valence-corrected chi connectivity index (χ1v) is 3.20. The Hall–Kier alpha value is -1.87. The van der Waals surface area contributed by atoms with Crippen molar-refractivity contribution in [3.8, 4) is 11.5 Å². The quantitative estimate of drug-likeness (QED) is 0.414. The van der Waals surface area contributed by atoms with Crippen molar-refractivity contribution in [1.82, 2.24) is 0 Å². The monoisotopic (exact) mass is 165 g/mol. The normalized spacial score (nSPS) is 8.75. The fraction of sp³-hybridized carbons (Fsp3) is 0.143. The number of hydrogen-bond acceptors (Lipinski definition) is 3. The lowest BCUT2D eigenvalue weighted by molar-refractivity contribution is 0.374. The first-order chi connectivity index (χ1) is 5.79. The molecule has 0 amide bonds. The molecule has 0 fully saturated rings. The van der Waals surface area contributed by atoms with Crippen LogP contribution in [0.2, 0.25) is 0 Å². The van der Waals surface area contributed by atoms with Gasteiger partial charge < -0.3 is 9.84 Å². The van der Waals surface area contributed by atoms with Crippen molar-refractivity contribution in [2.45, 2.75) is 0 Å². The summed E-state index contributed by atoms with van der Waals surface area (Å²) in [6, 6.07) is 4.70. The molecule has 1 rings (SSSR count). The lowest BCUT2D eigenvalue weighted by Crippen LogP contribution is -1.82. The number of methoxy groups -OCH3 is 1. The van der Waals surface area contributed by atoms with Crippen LogP contribution in [-0.4, -0.2) is 12.2 Å². The first kappa shape index (κ1) is 8.23. The summed E-state index contributed by atoms with van der Waals surface area (Å²) >= 11 is 0. The van der Waals surface area contributed by atoms with Crippen molar-refractivity contribution in [1.29, 1.82) is 0 Å². The molecule has 0 heterocycles. The van der Waals surface area contributed by atoms with Gasteiger partial charge in [0.2, 0.25) is 0 Å². The number of benzene rings is 1. The van der Waals surface area contributed by atoms with Gasteiger partial charge in [-0.15, -0.1) is 0 Å². The number of hydrogen-bond donors (Lipinski definition) is 1. The van der Waals surface area contributed by atoms with Gasteiger partial charge in [0.05, 0.1) is 12.8 Å². The smallest absolute Gasteiger partial charge is 0.167 e. The van der Waals surface area contributed by atoms with E-state index in [4.69, 9.17) is 10.3 Å². The van der Waals surface area contributed by atoms with E-state index in [1.165, 1.54) is 13.2 Å². The number of aromatic hydroxyl groups is 1. The van der Waals surface area contributed by atoms with Gasteiger partial charge in [0, 0.05) is 4.91 Å². The zero-order chi connectivity index (χ0) is 8.97. The second kappa shape index (κ2) is 3.50. The molecule has 0 bridgehead atoms. The standard InChI is InChI=1S/C7H7N3O2/c1-12-6-4-2-3-5(7(6)11)9-10-8/h2-4,11H,1H3. The SMILES string of the molecule is COc1cccc(N=[N+]=[N-])c1O. The summed E-state index contributed by atoms with van der Waals surface area (Å²) in [5.41, 5.74) is 8.28. The van der Waals surface area contributed by atoms with Gasteiger partial charge >= 0.3 is 0 Å². The van der Waals surface area contributed by atoms with Crippen LogP contribution >= 0.6 is 0 Å². The number of rotatable bonds is 2. The highest BCUT2D eigenvalue weighted by Crippen LogP contribution is 2.35. The number of phenols is 1. The molecule has 62 valence electrons. The highest BCUT2D eigenvalue weighted by atomic mass is 16.5. The van der Waals surface area contributed by atoms with E-state index in [1.807, 2.05) is 0 Å². The topological polar surface area (TPSA) is 78.2 Å². The minimum absolute atomic E-state index is 0.141. The Labute approximate surface area is 68.8 Å². The van der Waals surface area contributed by atoms with E-state index in [1.54, 1.807) is 12.1 Å². The van der Waals surface area contributed by atoms with Crippen LogP contribution in [0, 0.1) is 0 Å². The molecule has 0 aromatic heterocycles. The van der Waals surface area contributed by atoms with E-state index in [-0.39, 0.29) is 11.4 Å². The van der Waals surface area contributed by atoms with E-state index in [2.05, 4.69) is 10.0 Å². The Kier molecular flexibility index (Phi) is 2.40. The molecule has 0 atom stereocenters. The molecule has 1 aromatic rings. The minimum atomic E-state index is -0.141. The predicted molar refractivity (Wildman–Crippen MR) is 43.5 cm³/mol. The highest BCUT2D eigenvalue weighted by molar-refractivity contribution is 5.58. The molecule has 1 N–H and O–H groups in total. The summed E-state index contributed by atoms with van der Waals surface area (Å²) in [6.07, 6.45) is 0. The third-order valence-corrected chi connectivity index (χ3v) is 1.35. The largest absolute Gasteiger partial charge is 0.504 e. The molecule has 0 aliphatic heterocycles. The van der Waals surface area contributed by atoms with Gasteiger partial charge in [-0.05, 0) is 17.7 Å². The van der Waals surface area contributed by atoms with E-state index in [9.17, 15) is 5.11 Å². The molecule has 0 aliphatic rings. The van der Waals surface area contributed by atoms with Crippen LogP contribution in [0.25, 0.3) is 10.4 Å². The fourth-order valence-corrected chi connectivity index (χ4v) is 0.804. The lowest BCUT2D eigenvalue weighted by atomic mass is 10.3. The van der Waals surface area contributed by atoms with Crippen LogP contribution in [0.5, 0.6) is 11.5 Å². The molecule has 0 spiro atoms. The van der Waals surface area contributed by atoms with Gasteiger partial charge in [0.25, 0.3) is 0 Å². The Morgan fingerprint density at radius 2 is 2.33 bits per heavy atom. The van der Waals surface area contributed by atoms with Crippen LogP contribution in [0.1, 0.15) is 0 Å². The van der Waals surface area contributed by atoms with Crippen molar-refractivity contribution >= 4 is 5.69 Å². The maximum atomic E-state index is 9.33. The van der Waals surface area contributed by atoms with Crippen molar-refractivity contribution < 1.29 is 9.84 Å². The van der Waals surface area contributed by atoms with Gasteiger partial charge in [-0.3, -0.25) is 0 Å². The van der Waals surface area contributed by atoms with Gasteiger partial charge in [0.1, 0.15) is 0 Å². The molecule has 0 radical (unpaired) electrons. The summed E-state index contributed by atoms with van der Waals surface area (Å²) < 4.78 is 4.80. The van der Waals surface area contributed by atoms with Crippen molar-refractivity contribution in [3.05, 3.63) is 28.6 Å². The fourth-order valence-electron chi connectivity index (χ4n) is 0.804. The van der Waals surface area contributed by atoms with Crippen LogP contribution in [0.3, 0.4) is 0 Å². The van der Waals surface area contributed by atoms with Crippen LogP contribution in [0.4, 0.5) is 5.69 Å². The summed E-state index contributed by atoms with van der Waals surface area (Å²) in [4.78, 5) is 2.55. The van der Waals surface area contributed by atoms with Gasteiger partial charge in [-0.1, -0.05) is 11.2 Å². The summed E-state index contributed by atoms with van der Waals surface area (Å²) in [5, 5.41) is 12.6. The van der Waals surface area contributed by atoms with Crippen molar-refractivity contribution in [2.75, 3.05) is 7.11 Å². The molecule has 0 saturated carbocycles. The van der Waals surface area contributed by atoms with Gasteiger partial charge in [0.15, 0.2) is 11.5 Å². The number of azide groups is 1.